The van der Waals surface area contributed by atoms with E-state index in [1.165, 1.54) is 6.08 Å². The molecule has 0 aromatic heterocycles. The molecule has 1 aromatic carbocycles. The van der Waals surface area contributed by atoms with Crippen molar-refractivity contribution in [3.05, 3.63) is 35.5 Å². The molecule has 1 aliphatic heterocycles. The molecule has 0 atom stereocenters. The third-order valence-electron chi connectivity index (χ3n) is 4.25. The van der Waals surface area contributed by atoms with Crippen LogP contribution in [0.15, 0.2) is 30.0 Å². The number of aliphatic hydroxyl groups is 2. The summed E-state index contributed by atoms with van der Waals surface area (Å²) in [5.74, 6) is -1.66. The van der Waals surface area contributed by atoms with E-state index >= 15 is 0 Å². The number of imide groups is 1. The largest absolute Gasteiger partial charge is 0.482 e. The molecule has 2 rings (SSSR count). The van der Waals surface area contributed by atoms with Gasteiger partial charge in [-0.1, -0.05) is 12.1 Å². The number of nitrogens with one attached hydrogen (secondary N) is 1. The second-order valence-electron chi connectivity index (χ2n) is 6.85. The lowest BCUT2D eigenvalue weighted by atomic mass is 10.2. The number of ether oxygens (including phenoxy) is 5. The van der Waals surface area contributed by atoms with Crippen LogP contribution in [-0.4, -0.2) is 105 Å². The SMILES string of the molecule is O=C(COc1ccc(C=C2NC(=O)N(CC(=O)OCCOCCO)C2=O)cc1)OCCOCCO. The first-order valence-corrected chi connectivity index (χ1v) is 10.7. The van der Waals surface area contributed by atoms with E-state index < -0.39 is 30.4 Å². The number of rotatable bonds is 16. The molecule has 0 unspecified atom stereocenters. The van der Waals surface area contributed by atoms with Crippen molar-refractivity contribution < 1.29 is 53.1 Å². The number of esters is 2. The summed E-state index contributed by atoms with van der Waals surface area (Å²) in [6.45, 7) is -0.632. The van der Waals surface area contributed by atoms with Crippen molar-refractivity contribution in [2.45, 2.75) is 0 Å². The summed E-state index contributed by atoms with van der Waals surface area (Å²) in [7, 11) is 0. The standard InChI is InChI=1S/C22H28N2O11/c25-5-7-31-9-11-33-19(27)14-24-21(29)18(23-22(24)30)13-16-1-3-17(4-2-16)35-15-20(28)34-12-10-32-8-6-26/h1-4,13,25-26H,5-12,14-15H2,(H,23,30). The highest BCUT2D eigenvalue weighted by atomic mass is 16.6. The van der Waals surface area contributed by atoms with E-state index in [0.29, 0.717) is 11.3 Å². The average molecular weight is 496 g/mol. The van der Waals surface area contributed by atoms with E-state index in [9.17, 15) is 19.2 Å². The zero-order chi connectivity index (χ0) is 25.5. The average Bonchev–Trinajstić information content (AvgIpc) is 3.10. The van der Waals surface area contributed by atoms with Gasteiger partial charge in [-0.3, -0.25) is 9.59 Å². The Labute approximate surface area is 201 Å². The smallest absolute Gasteiger partial charge is 0.344 e. The molecule has 35 heavy (non-hydrogen) atoms. The number of hydrogen-bond donors (Lipinski definition) is 3. The molecular formula is C22H28N2O11. The van der Waals surface area contributed by atoms with Gasteiger partial charge in [-0.2, -0.15) is 0 Å². The van der Waals surface area contributed by atoms with E-state index in [2.05, 4.69) is 5.32 Å². The summed E-state index contributed by atoms with van der Waals surface area (Å²) >= 11 is 0. The molecule has 1 fully saturated rings. The quantitative estimate of drug-likeness (QED) is 0.112. The number of carbonyl (C=O) groups excluding carboxylic acids is 4. The molecule has 13 heteroatoms. The molecule has 0 radical (unpaired) electrons. The van der Waals surface area contributed by atoms with Gasteiger partial charge in [0.2, 0.25) is 0 Å². The van der Waals surface area contributed by atoms with E-state index in [1.54, 1.807) is 24.3 Å². The highest BCUT2D eigenvalue weighted by Gasteiger charge is 2.35. The zero-order valence-corrected chi connectivity index (χ0v) is 19.0. The van der Waals surface area contributed by atoms with Gasteiger partial charge in [0.25, 0.3) is 5.91 Å². The highest BCUT2D eigenvalue weighted by Crippen LogP contribution is 2.17. The molecule has 0 saturated carbocycles. The van der Waals surface area contributed by atoms with E-state index in [1.807, 2.05) is 0 Å². The third-order valence-corrected chi connectivity index (χ3v) is 4.25. The Hall–Kier alpha value is -3.52. The summed E-state index contributed by atoms with van der Waals surface area (Å²) in [5, 5.41) is 19.6. The van der Waals surface area contributed by atoms with E-state index in [0.717, 1.165) is 4.90 Å². The van der Waals surface area contributed by atoms with Crippen LogP contribution in [0.3, 0.4) is 0 Å². The molecule has 3 N–H and O–H groups in total. The van der Waals surface area contributed by atoms with Crippen LogP contribution in [0.5, 0.6) is 5.75 Å². The van der Waals surface area contributed by atoms with Crippen LogP contribution in [0.2, 0.25) is 0 Å². The number of amides is 3. The minimum absolute atomic E-state index is 0.0188. The van der Waals surface area contributed by atoms with Crippen LogP contribution in [0.1, 0.15) is 5.56 Å². The summed E-state index contributed by atoms with van der Waals surface area (Å²) < 4.78 is 25.0. The Kier molecular flexibility index (Phi) is 12.2. The molecule has 0 bridgehead atoms. The van der Waals surface area contributed by atoms with Crippen LogP contribution < -0.4 is 10.1 Å². The van der Waals surface area contributed by atoms with Crippen LogP contribution in [0.25, 0.3) is 6.08 Å². The minimum atomic E-state index is -0.778. The van der Waals surface area contributed by atoms with Gasteiger partial charge in [0.1, 0.15) is 31.2 Å². The number of nitrogens with zero attached hydrogens (tertiary/aromatic N) is 1. The van der Waals surface area contributed by atoms with Crippen molar-refractivity contribution in [1.29, 1.82) is 0 Å². The van der Waals surface area contributed by atoms with Gasteiger partial charge >= 0.3 is 18.0 Å². The highest BCUT2D eigenvalue weighted by molar-refractivity contribution is 6.15. The molecule has 3 amide bonds. The molecule has 0 aliphatic carbocycles. The van der Waals surface area contributed by atoms with Crippen LogP contribution in [-0.2, 0) is 33.3 Å². The maximum atomic E-state index is 12.5. The first kappa shape index (κ1) is 27.7. The molecule has 1 saturated heterocycles. The normalized spacial score (nSPS) is 14.2. The Morgan fingerprint density at radius 3 is 2.06 bits per heavy atom. The van der Waals surface area contributed by atoms with Crippen molar-refractivity contribution in [3.8, 4) is 5.75 Å². The summed E-state index contributed by atoms with van der Waals surface area (Å²) in [5.41, 5.74) is 0.546. The fourth-order valence-corrected chi connectivity index (χ4v) is 2.66. The van der Waals surface area contributed by atoms with Crippen LogP contribution in [0, 0.1) is 0 Å². The first-order chi connectivity index (χ1) is 16.9. The van der Waals surface area contributed by atoms with Gasteiger partial charge in [0.15, 0.2) is 6.61 Å². The van der Waals surface area contributed by atoms with E-state index in [-0.39, 0.29) is 65.2 Å². The number of benzene rings is 1. The van der Waals surface area contributed by atoms with Gasteiger partial charge in [0.05, 0.1) is 39.6 Å². The second-order valence-corrected chi connectivity index (χ2v) is 6.85. The molecule has 192 valence electrons. The van der Waals surface area contributed by atoms with Gasteiger partial charge in [-0.05, 0) is 23.8 Å². The molecule has 13 nitrogen and oxygen atoms in total. The van der Waals surface area contributed by atoms with Crippen LogP contribution in [0.4, 0.5) is 4.79 Å². The van der Waals surface area contributed by atoms with Crippen molar-refractivity contribution in [3.63, 3.8) is 0 Å². The molecule has 0 spiro atoms. The first-order valence-electron chi connectivity index (χ1n) is 10.7. The second kappa shape index (κ2) is 15.4. The van der Waals surface area contributed by atoms with Crippen molar-refractivity contribution in [1.82, 2.24) is 10.2 Å². The Morgan fingerprint density at radius 1 is 0.857 bits per heavy atom. The summed E-state index contributed by atoms with van der Waals surface area (Å²) in [4.78, 5) is 48.8. The lowest BCUT2D eigenvalue weighted by molar-refractivity contribution is -0.148. The van der Waals surface area contributed by atoms with Gasteiger partial charge in [-0.15, -0.1) is 0 Å². The number of aliphatic hydroxyl groups excluding tert-OH is 2. The predicted molar refractivity (Wildman–Crippen MR) is 118 cm³/mol. The lowest BCUT2D eigenvalue weighted by Gasteiger charge is -2.11. The van der Waals surface area contributed by atoms with Gasteiger partial charge in [-0.25, -0.2) is 14.5 Å². The van der Waals surface area contributed by atoms with Crippen molar-refractivity contribution in [2.24, 2.45) is 0 Å². The van der Waals surface area contributed by atoms with Crippen molar-refractivity contribution >= 4 is 30.0 Å². The Bertz CT molecular complexity index is 886. The van der Waals surface area contributed by atoms with Gasteiger partial charge < -0.3 is 39.2 Å². The summed E-state index contributed by atoms with van der Waals surface area (Å²) in [6.07, 6.45) is 1.43. The molecule has 1 aliphatic rings. The lowest BCUT2D eigenvalue weighted by Crippen LogP contribution is -2.36. The zero-order valence-electron chi connectivity index (χ0n) is 19.0. The topological polar surface area (TPSA) is 170 Å². The minimum Gasteiger partial charge on any atom is -0.482 e. The number of urea groups is 1. The number of carbonyl (C=O) groups is 4. The summed E-state index contributed by atoms with van der Waals surface area (Å²) in [6, 6.07) is 5.60. The fraction of sp³-hybridized carbons (Fsp3) is 0.455. The Morgan fingerprint density at radius 2 is 1.46 bits per heavy atom. The third kappa shape index (κ3) is 10.1. The number of hydrogen-bond acceptors (Lipinski definition) is 11. The van der Waals surface area contributed by atoms with Crippen molar-refractivity contribution in [2.75, 3.05) is 66.0 Å². The van der Waals surface area contributed by atoms with E-state index in [4.69, 9.17) is 33.9 Å². The molecule has 1 heterocycles. The fourth-order valence-electron chi connectivity index (χ4n) is 2.66. The molecule has 1 aromatic rings. The maximum Gasteiger partial charge on any atom is 0.344 e. The predicted octanol–water partition coefficient (Wildman–Crippen LogP) is -0.938. The van der Waals surface area contributed by atoms with Crippen LogP contribution >= 0.6 is 0 Å². The monoisotopic (exact) mass is 496 g/mol. The Balaban J connectivity index is 1.79. The van der Waals surface area contributed by atoms with Gasteiger partial charge in [0, 0.05) is 0 Å². The molecular weight excluding hydrogens is 468 g/mol. The maximum absolute atomic E-state index is 12.5.